The van der Waals surface area contributed by atoms with Crippen LogP contribution in [0.2, 0.25) is 0 Å². The van der Waals surface area contributed by atoms with Crippen LogP contribution in [-0.4, -0.2) is 47.1 Å². The normalized spacial score (nSPS) is 11.8. The molecule has 8 heteroatoms. The van der Waals surface area contributed by atoms with Gasteiger partial charge in [-0.25, -0.2) is 9.78 Å². The van der Waals surface area contributed by atoms with E-state index in [1.54, 1.807) is 7.05 Å². The Morgan fingerprint density at radius 3 is 2.71 bits per heavy atom. The second-order valence-corrected chi connectivity index (χ2v) is 7.32. The number of ether oxygens (including phenoxy) is 2. The van der Waals surface area contributed by atoms with Gasteiger partial charge in [-0.3, -0.25) is 4.79 Å². The number of likely N-dealkylation sites (N-methyl/N-ethyl adjacent to an activating group) is 1. The van der Waals surface area contributed by atoms with Crippen molar-refractivity contribution in [3.63, 3.8) is 0 Å². The Bertz CT molecular complexity index is 984. The van der Waals surface area contributed by atoms with Gasteiger partial charge >= 0.3 is 5.97 Å². The zero-order chi connectivity index (χ0) is 20.3. The molecule has 1 heterocycles. The van der Waals surface area contributed by atoms with Crippen molar-refractivity contribution in [3.05, 3.63) is 53.0 Å². The number of aromatic hydroxyl groups is 1. The number of phenolic OH excluding ortho intramolecular Hbond substituents is 1. The van der Waals surface area contributed by atoms with Gasteiger partial charge in [-0.1, -0.05) is 12.1 Å². The van der Waals surface area contributed by atoms with Gasteiger partial charge in [-0.05, 0) is 37.3 Å². The molecule has 0 bridgehead atoms. The molecule has 28 heavy (non-hydrogen) atoms. The number of carbonyl (C=O) groups is 2. The number of phenols is 1. The lowest BCUT2D eigenvalue weighted by atomic mass is 10.2. The molecule has 3 rings (SSSR count). The van der Waals surface area contributed by atoms with Crippen LogP contribution >= 0.6 is 11.3 Å². The van der Waals surface area contributed by atoms with E-state index in [9.17, 15) is 14.7 Å². The van der Waals surface area contributed by atoms with Gasteiger partial charge in [0.1, 0.15) is 22.1 Å². The quantitative estimate of drug-likeness (QED) is 0.639. The molecule has 146 valence electrons. The Balaban J connectivity index is 1.65. The van der Waals surface area contributed by atoms with Crippen LogP contribution in [0.1, 0.15) is 22.3 Å². The Kier molecular flexibility index (Phi) is 5.79. The number of esters is 1. The van der Waals surface area contributed by atoms with Crippen LogP contribution in [-0.2, 0) is 16.1 Å². The van der Waals surface area contributed by atoms with Crippen molar-refractivity contribution in [1.29, 1.82) is 0 Å². The molecule has 1 amide bonds. The number of hydrogen-bond donors (Lipinski definition) is 1. The van der Waals surface area contributed by atoms with Crippen molar-refractivity contribution in [2.75, 3.05) is 14.2 Å². The number of para-hydroxylation sites is 1. The lowest BCUT2D eigenvalue weighted by Gasteiger charge is -2.20. The third-order valence-corrected chi connectivity index (χ3v) is 5.16. The van der Waals surface area contributed by atoms with E-state index < -0.39 is 12.1 Å². The van der Waals surface area contributed by atoms with E-state index in [0.29, 0.717) is 12.3 Å². The predicted molar refractivity (Wildman–Crippen MR) is 106 cm³/mol. The lowest BCUT2D eigenvalue weighted by molar-refractivity contribution is -0.139. The molecule has 0 saturated heterocycles. The fraction of sp³-hybridized carbons (Fsp3) is 0.250. The third kappa shape index (κ3) is 4.23. The summed E-state index contributed by atoms with van der Waals surface area (Å²) in [4.78, 5) is 30.9. The highest BCUT2D eigenvalue weighted by molar-refractivity contribution is 7.18. The van der Waals surface area contributed by atoms with E-state index in [2.05, 4.69) is 4.98 Å². The smallest absolute Gasteiger partial charge is 0.342 e. The molecule has 0 saturated carbocycles. The molecular weight excluding hydrogens is 380 g/mol. The van der Waals surface area contributed by atoms with E-state index in [1.807, 2.05) is 24.3 Å². The minimum Gasteiger partial charge on any atom is -0.507 e. The second-order valence-electron chi connectivity index (χ2n) is 6.20. The highest BCUT2D eigenvalue weighted by Crippen LogP contribution is 2.25. The molecule has 0 aliphatic carbocycles. The summed E-state index contributed by atoms with van der Waals surface area (Å²) in [7, 11) is 3.08. The van der Waals surface area contributed by atoms with Crippen LogP contribution in [0.5, 0.6) is 11.5 Å². The van der Waals surface area contributed by atoms with Crippen LogP contribution in [0.15, 0.2) is 42.5 Å². The minimum atomic E-state index is -1.02. The van der Waals surface area contributed by atoms with Crippen molar-refractivity contribution in [1.82, 2.24) is 9.88 Å². The zero-order valence-electron chi connectivity index (χ0n) is 15.7. The van der Waals surface area contributed by atoms with Crippen molar-refractivity contribution in [2.45, 2.75) is 19.6 Å². The number of benzene rings is 2. The number of methoxy groups -OCH3 is 1. The Labute approximate surface area is 166 Å². The van der Waals surface area contributed by atoms with Gasteiger partial charge in [-0.15, -0.1) is 11.3 Å². The molecule has 0 radical (unpaired) electrons. The van der Waals surface area contributed by atoms with E-state index in [4.69, 9.17) is 9.47 Å². The molecule has 1 N–H and O–H groups in total. The Morgan fingerprint density at radius 2 is 2.00 bits per heavy atom. The number of nitrogens with zero attached hydrogens (tertiary/aromatic N) is 2. The summed E-state index contributed by atoms with van der Waals surface area (Å²) >= 11 is 1.51. The van der Waals surface area contributed by atoms with Crippen LogP contribution in [0.25, 0.3) is 10.2 Å². The number of aromatic nitrogens is 1. The molecule has 0 aliphatic heterocycles. The number of carbonyl (C=O) groups excluding carboxylic acids is 2. The fourth-order valence-corrected chi connectivity index (χ4v) is 3.68. The second kappa shape index (κ2) is 8.26. The number of thiazole rings is 1. The average molecular weight is 400 g/mol. The van der Waals surface area contributed by atoms with Crippen LogP contribution in [0.4, 0.5) is 0 Å². The predicted octanol–water partition coefficient (Wildman–Crippen LogP) is 3.21. The SMILES string of the molecule is COc1ccc(O)c(C(=O)OC(C)C(=O)N(C)Cc2nc3ccccc3s2)c1. The molecule has 0 aliphatic rings. The number of fused-ring (bicyclic) bond motifs is 1. The first-order valence-electron chi connectivity index (χ1n) is 8.56. The molecule has 0 spiro atoms. The number of rotatable bonds is 6. The topological polar surface area (TPSA) is 89.0 Å². The first kappa shape index (κ1) is 19.6. The molecule has 7 nitrogen and oxygen atoms in total. The summed E-state index contributed by atoms with van der Waals surface area (Å²) in [6, 6.07) is 12.0. The van der Waals surface area contributed by atoms with E-state index in [0.717, 1.165) is 15.2 Å². The van der Waals surface area contributed by atoms with Crippen molar-refractivity contribution in [3.8, 4) is 11.5 Å². The van der Waals surface area contributed by atoms with Crippen LogP contribution in [0.3, 0.4) is 0 Å². The van der Waals surface area contributed by atoms with Crippen LogP contribution in [0, 0.1) is 0 Å². The molecule has 1 unspecified atom stereocenters. The summed E-state index contributed by atoms with van der Waals surface area (Å²) in [6.45, 7) is 1.80. The average Bonchev–Trinajstić information content (AvgIpc) is 3.09. The van der Waals surface area contributed by atoms with Gasteiger partial charge in [0, 0.05) is 7.05 Å². The molecule has 0 fully saturated rings. The minimum absolute atomic E-state index is 0.0622. The van der Waals surface area contributed by atoms with Crippen molar-refractivity contribution < 1.29 is 24.2 Å². The first-order valence-corrected chi connectivity index (χ1v) is 9.38. The van der Waals surface area contributed by atoms with E-state index in [1.165, 1.54) is 48.5 Å². The molecule has 1 aromatic heterocycles. The summed E-state index contributed by atoms with van der Waals surface area (Å²) in [5.74, 6) is -1.01. The molecule has 2 aromatic carbocycles. The maximum absolute atomic E-state index is 12.6. The van der Waals surface area contributed by atoms with Gasteiger partial charge in [0.25, 0.3) is 5.91 Å². The summed E-state index contributed by atoms with van der Waals surface area (Å²) < 4.78 is 11.3. The highest BCUT2D eigenvalue weighted by atomic mass is 32.1. The molecule has 3 aromatic rings. The molecule has 1 atom stereocenters. The maximum Gasteiger partial charge on any atom is 0.342 e. The van der Waals surface area contributed by atoms with Crippen molar-refractivity contribution in [2.24, 2.45) is 0 Å². The first-order chi connectivity index (χ1) is 13.4. The lowest BCUT2D eigenvalue weighted by Crippen LogP contribution is -2.37. The standard InChI is InChI=1S/C20H20N2O5S/c1-12(27-20(25)14-10-13(26-3)8-9-16(14)23)19(24)22(2)11-18-21-15-6-4-5-7-17(15)28-18/h4-10,12,23H,11H2,1-3H3. The van der Waals surface area contributed by atoms with Gasteiger partial charge in [0.05, 0.1) is 23.9 Å². The monoisotopic (exact) mass is 400 g/mol. The summed E-state index contributed by atoms with van der Waals surface area (Å²) in [5, 5.41) is 10.7. The highest BCUT2D eigenvalue weighted by Gasteiger charge is 2.24. The largest absolute Gasteiger partial charge is 0.507 e. The number of hydrogen-bond acceptors (Lipinski definition) is 7. The van der Waals surface area contributed by atoms with E-state index in [-0.39, 0.29) is 17.2 Å². The molecular formula is C20H20N2O5S. The van der Waals surface area contributed by atoms with E-state index >= 15 is 0 Å². The zero-order valence-corrected chi connectivity index (χ0v) is 16.5. The summed E-state index contributed by atoms with van der Waals surface area (Å²) in [5.41, 5.74) is 0.823. The summed E-state index contributed by atoms with van der Waals surface area (Å²) in [6.07, 6.45) is -1.02. The van der Waals surface area contributed by atoms with Gasteiger partial charge in [0.15, 0.2) is 6.10 Å². The maximum atomic E-state index is 12.6. The number of amides is 1. The van der Waals surface area contributed by atoms with Crippen LogP contribution < -0.4 is 4.74 Å². The van der Waals surface area contributed by atoms with Gasteiger partial charge in [-0.2, -0.15) is 0 Å². The Morgan fingerprint density at radius 1 is 1.25 bits per heavy atom. The van der Waals surface area contributed by atoms with Crippen molar-refractivity contribution >= 4 is 33.4 Å². The van der Waals surface area contributed by atoms with Gasteiger partial charge in [0.2, 0.25) is 0 Å². The fourth-order valence-electron chi connectivity index (χ4n) is 2.66. The van der Waals surface area contributed by atoms with Gasteiger partial charge < -0.3 is 19.5 Å². The third-order valence-electron chi connectivity index (χ3n) is 4.14. The Hall–Kier alpha value is -3.13.